The van der Waals surface area contributed by atoms with Gasteiger partial charge in [-0.1, -0.05) is 6.07 Å². The third-order valence-corrected chi connectivity index (χ3v) is 5.83. The summed E-state index contributed by atoms with van der Waals surface area (Å²) < 4.78 is 5.73. The number of piperidine rings is 1. The van der Waals surface area contributed by atoms with Crippen LogP contribution in [0.25, 0.3) is 0 Å². The summed E-state index contributed by atoms with van der Waals surface area (Å²) in [6.45, 7) is 11.5. The molecule has 0 radical (unpaired) electrons. The second kappa shape index (κ2) is 9.05. The van der Waals surface area contributed by atoms with Gasteiger partial charge in [-0.2, -0.15) is 0 Å². The Kier molecular flexibility index (Phi) is 6.73. The summed E-state index contributed by atoms with van der Waals surface area (Å²) in [5.41, 5.74) is 3.23. The van der Waals surface area contributed by atoms with Crippen LogP contribution in [-0.4, -0.2) is 66.5 Å². The van der Waals surface area contributed by atoms with Crippen molar-refractivity contribution in [3.8, 4) is 0 Å². The summed E-state index contributed by atoms with van der Waals surface area (Å²) >= 11 is 0. The summed E-state index contributed by atoms with van der Waals surface area (Å²) in [4.78, 5) is 29.3. The molecule has 2 heterocycles. The lowest BCUT2D eigenvalue weighted by Crippen LogP contribution is -2.51. The Morgan fingerprint density at radius 1 is 1.07 bits per heavy atom. The Balaban J connectivity index is 1.45. The molecule has 0 spiro atoms. The number of carbonyl (C=O) groups is 2. The van der Waals surface area contributed by atoms with Crippen LogP contribution in [0.5, 0.6) is 0 Å². The Bertz CT molecular complexity index is 703. The van der Waals surface area contributed by atoms with E-state index in [-0.39, 0.29) is 29.9 Å². The predicted octanol–water partition coefficient (Wildman–Crippen LogP) is 2.59. The van der Waals surface area contributed by atoms with Gasteiger partial charge in [0.05, 0.1) is 18.8 Å². The highest BCUT2D eigenvalue weighted by atomic mass is 16.5. The van der Waals surface area contributed by atoms with Crippen LogP contribution in [0, 0.1) is 19.8 Å². The molecule has 154 valence electrons. The first-order chi connectivity index (χ1) is 13.3. The van der Waals surface area contributed by atoms with Crippen LogP contribution in [-0.2, 0) is 14.3 Å². The van der Waals surface area contributed by atoms with E-state index in [9.17, 15) is 9.59 Å². The lowest BCUT2D eigenvalue weighted by Gasteiger charge is -2.39. The van der Waals surface area contributed by atoms with Crippen LogP contribution in [0.3, 0.4) is 0 Å². The molecular weight excluding hydrogens is 354 g/mol. The third-order valence-electron chi connectivity index (χ3n) is 5.83. The predicted molar refractivity (Wildman–Crippen MR) is 110 cm³/mol. The van der Waals surface area contributed by atoms with Gasteiger partial charge in [-0.15, -0.1) is 0 Å². The monoisotopic (exact) mass is 387 g/mol. The maximum atomic E-state index is 12.8. The number of likely N-dealkylation sites (tertiary alicyclic amines) is 1. The van der Waals surface area contributed by atoms with Crippen molar-refractivity contribution in [1.82, 2.24) is 9.80 Å². The molecule has 1 N–H and O–H groups in total. The molecule has 0 aromatic heterocycles. The molecule has 0 bridgehead atoms. The number of benzene rings is 1. The van der Waals surface area contributed by atoms with Crippen LogP contribution in [0.4, 0.5) is 5.69 Å². The fraction of sp³-hybridized carbons (Fsp3) is 0.636. The van der Waals surface area contributed by atoms with Gasteiger partial charge in [0.1, 0.15) is 0 Å². The topological polar surface area (TPSA) is 61.9 Å². The van der Waals surface area contributed by atoms with Gasteiger partial charge >= 0.3 is 0 Å². The van der Waals surface area contributed by atoms with E-state index >= 15 is 0 Å². The van der Waals surface area contributed by atoms with E-state index in [0.717, 1.165) is 31.6 Å². The first-order valence-electron chi connectivity index (χ1n) is 10.4. The zero-order valence-corrected chi connectivity index (χ0v) is 17.5. The average Bonchev–Trinajstić information content (AvgIpc) is 2.64. The standard InChI is InChI=1S/C22H33N3O3/c1-15-5-6-20(11-16(15)2)23-21(26)14-24-9-7-19(8-10-24)22(27)25-12-17(3)28-18(4)13-25/h5-6,11,17-19H,7-10,12-14H2,1-4H3,(H,23,26). The van der Waals surface area contributed by atoms with E-state index in [1.54, 1.807) is 0 Å². The van der Waals surface area contributed by atoms with Crippen LogP contribution in [0.2, 0.25) is 0 Å². The summed E-state index contributed by atoms with van der Waals surface area (Å²) in [5, 5.41) is 2.98. The summed E-state index contributed by atoms with van der Waals surface area (Å²) in [6, 6.07) is 5.97. The van der Waals surface area contributed by atoms with Crippen LogP contribution >= 0.6 is 0 Å². The molecule has 1 aromatic rings. The number of amides is 2. The van der Waals surface area contributed by atoms with Crippen molar-refractivity contribution in [1.29, 1.82) is 0 Å². The number of ether oxygens (including phenoxy) is 1. The van der Waals surface area contributed by atoms with Gasteiger partial charge in [0.2, 0.25) is 11.8 Å². The molecule has 28 heavy (non-hydrogen) atoms. The van der Waals surface area contributed by atoms with Crippen molar-refractivity contribution in [3.63, 3.8) is 0 Å². The molecule has 2 aliphatic heterocycles. The number of morpholine rings is 1. The number of aryl methyl sites for hydroxylation is 2. The molecule has 2 unspecified atom stereocenters. The molecule has 2 amide bonds. The van der Waals surface area contributed by atoms with E-state index in [4.69, 9.17) is 4.74 Å². The fourth-order valence-corrected chi connectivity index (χ4v) is 4.18. The molecule has 6 nitrogen and oxygen atoms in total. The van der Waals surface area contributed by atoms with Gasteiger partial charge in [0.25, 0.3) is 0 Å². The van der Waals surface area contributed by atoms with Crippen LogP contribution in [0.15, 0.2) is 18.2 Å². The minimum Gasteiger partial charge on any atom is -0.372 e. The highest BCUT2D eigenvalue weighted by Crippen LogP contribution is 2.22. The summed E-state index contributed by atoms with van der Waals surface area (Å²) in [7, 11) is 0. The molecule has 3 rings (SSSR count). The highest BCUT2D eigenvalue weighted by Gasteiger charge is 2.32. The Labute approximate surface area is 168 Å². The molecule has 0 aliphatic carbocycles. The second-order valence-corrected chi connectivity index (χ2v) is 8.40. The zero-order valence-electron chi connectivity index (χ0n) is 17.5. The largest absolute Gasteiger partial charge is 0.372 e. The first kappa shape index (κ1) is 20.8. The van der Waals surface area contributed by atoms with Crippen molar-refractivity contribution in [3.05, 3.63) is 29.3 Å². The summed E-state index contributed by atoms with van der Waals surface area (Å²) in [5.74, 6) is 0.321. The molecule has 6 heteroatoms. The van der Waals surface area contributed by atoms with Crippen molar-refractivity contribution in [2.75, 3.05) is 38.0 Å². The number of rotatable bonds is 4. The van der Waals surface area contributed by atoms with E-state index in [1.165, 1.54) is 11.1 Å². The van der Waals surface area contributed by atoms with Gasteiger partial charge in [-0.25, -0.2) is 0 Å². The van der Waals surface area contributed by atoms with E-state index in [2.05, 4.69) is 17.1 Å². The number of carbonyl (C=O) groups excluding carboxylic acids is 2. The second-order valence-electron chi connectivity index (χ2n) is 8.40. The molecule has 0 saturated carbocycles. The van der Waals surface area contributed by atoms with Crippen molar-refractivity contribution in [2.24, 2.45) is 5.92 Å². The molecular formula is C22H33N3O3. The fourth-order valence-electron chi connectivity index (χ4n) is 4.18. The lowest BCUT2D eigenvalue weighted by molar-refractivity contribution is -0.148. The van der Waals surface area contributed by atoms with Crippen molar-refractivity contribution < 1.29 is 14.3 Å². The first-order valence-corrected chi connectivity index (χ1v) is 10.4. The smallest absolute Gasteiger partial charge is 0.238 e. The highest BCUT2D eigenvalue weighted by molar-refractivity contribution is 5.92. The average molecular weight is 388 g/mol. The maximum Gasteiger partial charge on any atom is 0.238 e. The maximum absolute atomic E-state index is 12.8. The Hall–Kier alpha value is -1.92. The van der Waals surface area contributed by atoms with Gasteiger partial charge in [-0.05, 0) is 76.9 Å². The van der Waals surface area contributed by atoms with Crippen molar-refractivity contribution in [2.45, 2.75) is 52.7 Å². The normalized spacial score (nSPS) is 24.2. The molecule has 2 fully saturated rings. The van der Waals surface area contributed by atoms with Gasteiger partial charge < -0.3 is 15.0 Å². The quantitative estimate of drug-likeness (QED) is 0.863. The van der Waals surface area contributed by atoms with Gasteiger partial charge in [0.15, 0.2) is 0 Å². The third kappa shape index (κ3) is 5.32. The number of anilines is 1. The van der Waals surface area contributed by atoms with E-state index in [1.807, 2.05) is 43.9 Å². The van der Waals surface area contributed by atoms with E-state index in [0.29, 0.717) is 19.6 Å². The molecule has 2 saturated heterocycles. The van der Waals surface area contributed by atoms with Gasteiger partial charge in [0, 0.05) is 24.7 Å². The summed E-state index contributed by atoms with van der Waals surface area (Å²) in [6.07, 6.45) is 1.83. The minimum atomic E-state index is 0.00357. The van der Waals surface area contributed by atoms with E-state index < -0.39 is 0 Å². The number of nitrogens with one attached hydrogen (secondary N) is 1. The van der Waals surface area contributed by atoms with Gasteiger partial charge in [-0.3, -0.25) is 14.5 Å². The van der Waals surface area contributed by atoms with Crippen LogP contribution in [0.1, 0.15) is 37.8 Å². The SMILES string of the molecule is Cc1ccc(NC(=O)CN2CCC(C(=O)N3CC(C)OC(C)C3)CC2)cc1C. The lowest BCUT2D eigenvalue weighted by atomic mass is 9.94. The zero-order chi connectivity index (χ0) is 20.3. The number of hydrogen-bond acceptors (Lipinski definition) is 4. The minimum absolute atomic E-state index is 0.00357. The number of hydrogen-bond donors (Lipinski definition) is 1. The molecule has 1 aromatic carbocycles. The Morgan fingerprint density at radius 3 is 2.32 bits per heavy atom. The van der Waals surface area contributed by atoms with Crippen molar-refractivity contribution >= 4 is 17.5 Å². The van der Waals surface area contributed by atoms with Crippen LogP contribution < -0.4 is 5.32 Å². The number of nitrogens with zero attached hydrogens (tertiary/aromatic N) is 2. The Morgan fingerprint density at radius 2 is 1.71 bits per heavy atom. The molecule has 2 atom stereocenters. The molecule has 2 aliphatic rings.